The minimum absolute atomic E-state index is 0.0000738. The summed E-state index contributed by atoms with van der Waals surface area (Å²) in [5.74, 6) is 0.142. The predicted molar refractivity (Wildman–Crippen MR) is 130 cm³/mol. The summed E-state index contributed by atoms with van der Waals surface area (Å²) in [5, 5.41) is 11.8. The number of rotatable bonds is 9. The number of carboxylic acids is 1. The first-order valence-corrected chi connectivity index (χ1v) is 12.7. The van der Waals surface area contributed by atoms with Crippen LogP contribution < -0.4 is 10.1 Å². The van der Waals surface area contributed by atoms with Crippen LogP contribution >= 0.6 is 0 Å². The van der Waals surface area contributed by atoms with E-state index in [0.29, 0.717) is 50.1 Å². The minimum atomic E-state index is -0.734. The highest BCUT2D eigenvalue weighted by atomic mass is 16.5. The van der Waals surface area contributed by atoms with E-state index in [1.54, 1.807) is 29.2 Å². The molecule has 2 aliphatic carbocycles. The van der Waals surface area contributed by atoms with Gasteiger partial charge in [-0.05, 0) is 81.5 Å². The molecule has 35 heavy (non-hydrogen) atoms. The standard InChI is InChI=1S/C26H35N3O6/c30-24(19-3-7-22(8-4-19)35-23-9-5-20(6-10-23)25(31)32)27-13-14-28-26(33)29-15-11-21(12-16-29)34-17-18-1-2-18/h3-4,7-8,14,18,20-21,23H,1-2,5-6,9-13,15-17H2,(H,27,30)(H,31,32)/b28-14+. The quantitative estimate of drug-likeness (QED) is 0.517. The molecule has 1 heterocycles. The van der Waals surface area contributed by atoms with E-state index < -0.39 is 5.97 Å². The predicted octanol–water partition coefficient (Wildman–Crippen LogP) is 3.52. The lowest BCUT2D eigenvalue weighted by Crippen LogP contribution is -2.40. The van der Waals surface area contributed by atoms with Crippen LogP contribution in [0.3, 0.4) is 0 Å². The summed E-state index contributed by atoms with van der Waals surface area (Å²) in [5.41, 5.74) is 0.486. The smallest absolute Gasteiger partial charge is 0.343 e. The van der Waals surface area contributed by atoms with Crippen molar-refractivity contribution in [3.05, 3.63) is 29.8 Å². The molecule has 9 heteroatoms. The van der Waals surface area contributed by atoms with E-state index >= 15 is 0 Å². The number of hydrogen-bond donors (Lipinski definition) is 2. The Labute approximate surface area is 205 Å². The number of benzene rings is 1. The van der Waals surface area contributed by atoms with Crippen molar-refractivity contribution in [3.63, 3.8) is 0 Å². The molecule has 2 saturated carbocycles. The largest absolute Gasteiger partial charge is 0.490 e. The molecule has 0 unspecified atom stereocenters. The number of piperidine rings is 1. The number of ether oxygens (including phenoxy) is 2. The van der Waals surface area contributed by atoms with Crippen LogP contribution in [0, 0.1) is 11.8 Å². The molecule has 0 bridgehead atoms. The molecule has 0 spiro atoms. The number of carboxylic acid groups (broad SMARTS) is 1. The van der Waals surface area contributed by atoms with E-state index in [1.165, 1.54) is 19.1 Å². The fourth-order valence-corrected chi connectivity index (χ4v) is 4.52. The Balaban J connectivity index is 1.12. The van der Waals surface area contributed by atoms with Gasteiger partial charge in [0.25, 0.3) is 5.91 Å². The highest BCUT2D eigenvalue weighted by molar-refractivity contribution is 5.96. The SMILES string of the molecule is O=C(NC/C=N/C(=O)N1CCC(OCC2CC2)CC1)c1ccc(OC2CCC(C(=O)O)CC2)cc1. The number of hydrogen-bond acceptors (Lipinski definition) is 5. The summed E-state index contributed by atoms with van der Waals surface area (Å²) in [6.45, 7) is 2.30. The molecule has 3 aliphatic rings. The second kappa shape index (κ2) is 12.2. The summed E-state index contributed by atoms with van der Waals surface area (Å²) < 4.78 is 11.8. The first-order chi connectivity index (χ1) is 17.0. The van der Waals surface area contributed by atoms with E-state index in [1.807, 2.05) is 0 Å². The topological polar surface area (TPSA) is 118 Å². The number of likely N-dealkylation sites (tertiary alicyclic amines) is 1. The maximum absolute atomic E-state index is 12.4. The third kappa shape index (κ3) is 7.78. The third-order valence-corrected chi connectivity index (χ3v) is 6.98. The summed E-state index contributed by atoms with van der Waals surface area (Å²) in [6.07, 6.45) is 8.58. The summed E-state index contributed by atoms with van der Waals surface area (Å²) in [7, 11) is 0. The molecule has 1 aliphatic heterocycles. The molecule has 190 valence electrons. The van der Waals surface area contributed by atoms with Crippen LogP contribution in [0.5, 0.6) is 5.75 Å². The molecule has 3 fully saturated rings. The molecule has 2 N–H and O–H groups in total. The van der Waals surface area contributed by atoms with Gasteiger partial charge in [0.15, 0.2) is 0 Å². The number of carbonyl (C=O) groups excluding carboxylic acids is 2. The van der Waals surface area contributed by atoms with Gasteiger partial charge in [0.1, 0.15) is 5.75 Å². The molecular weight excluding hydrogens is 450 g/mol. The zero-order valence-electron chi connectivity index (χ0n) is 20.1. The summed E-state index contributed by atoms with van der Waals surface area (Å²) in [6, 6.07) is 6.58. The fourth-order valence-electron chi connectivity index (χ4n) is 4.52. The van der Waals surface area contributed by atoms with E-state index in [0.717, 1.165) is 25.4 Å². The van der Waals surface area contributed by atoms with Gasteiger partial charge in [-0.25, -0.2) is 9.79 Å². The van der Waals surface area contributed by atoms with Crippen LogP contribution in [0.1, 0.15) is 61.7 Å². The second-order valence-electron chi connectivity index (χ2n) is 9.72. The molecular formula is C26H35N3O6. The zero-order chi connectivity index (χ0) is 24.6. The van der Waals surface area contributed by atoms with Gasteiger partial charge in [-0.3, -0.25) is 9.59 Å². The van der Waals surface area contributed by atoms with Crippen LogP contribution in [-0.2, 0) is 9.53 Å². The average Bonchev–Trinajstić information content (AvgIpc) is 3.71. The maximum Gasteiger partial charge on any atom is 0.343 e. The van der Waals surface area contributed by atoms with Gasteiger partial charge in [0, 0.05) is 31.5 Å². The van der Waals surface area contributed by atoms with Crippen molar-refractivity contribution < 1.29 is 29.0 Å². The highest BCUT2D eigenvalue weighted by Gasteiger charge is 2.28. The Hall–Kier alpha value is -2.94. The molecule has 1 aromatic rings. The molecule has 1 aromatic carbocycles. The number of aliphatic imine (C=N–C) groups is 1. The molecule has 4 rings (SSSR count). The number of carbonyl (C=O) groups is 3. The van der Waals surface area contributed by atoms with Crippen molar-refractivity contribution in [1.82, 2.24) is 10.2 Å². The Morgan fingerprint density at radius 1 is 0.971 bits per heavy atom. The second-order valence-corrected chi connectivity index (χ2v) is 9.72. The van der Waals surface area contributed by atoms with Gasteiger partial charge < -0.3 is 24.8 Å². The van der Waals surface area contributed by atoms with Crippen LogP contribution in [-0.4, -0.2) is 72.6 Å². The van der Waals surface area contributed by atoms with E-state index in [-0.39, 0.29) is 36.6 Å². The Kier molecular flexibility index (Phi) is 8.74. The fraction of sp³-hybridized carbons (Fsp3) is 0.615. The Bertz CT molecular complexity index is 898. The lowest BCUT2D eigenvalue weighted by atomic mass is 9.87. The van der Waals surface area contributed by atoms with E-state index in [2.05, 4.69) is 10.3 Å². The van der Waals surface area contributed by atoms with E-state index in [9.17, 15) is 14.4 Å². The van der Waals surface area contributed by atoms with Crippen molar-refractivity contribution in [2.75, 3.05) is 26.2 Å². The summed E-state index contributed by atoms with van der Waals surface area (Å²) >= 11 is 0. The van der Waals surface area contributed by atoms with Crippen molar-refractivity contribution >= 4 is 24.1 Å². The summed E-state index contributed by atoms with van der Waals surface area (Å²) in [4.78, 5) is 41.4. The normalized spacial score (nSPS) is 23.3. The molecule has 3 amide bonds. The zero-order valence-corrected chi connectivity index (χ0v) is 20.1. The van der Waals surface area contributed by atoms with Crippen LogP contribution in [0.15, 0.2) is 29.3 Å². The van der Waals surface area contributed by atoms with Crippen molar-refractivity contribution in [1.29, 1.82) is 0 Å². The van der Waals surface area contributed by atoms with Gasteiger partial charge in [0.2, 0.25) is 0 Å². The monoisotopic (exact) mass is 485 g/mol. The molecule has 1 saturated heterocycles. The van der Waals surface area contributed by atoms with Crippen LogP contribution in [0.25, 0.3) is 0 Å². The van der Waals surface area contributed by atoms with Gasteiger partial charge >= 0.3 is 12.0 Å². The highest BCUT2D eigenvalue weighted by Crippen LogP contribution is 2.30. The first-order valence-electron chi connectivity index (χ1n) is 12.7. The minimum Gasteiger partial charge on any atom is -0.490 e. The number of aliphatic carboxylic acids is 1. The third-order valence-electron chi connectivity index (χ3n) is 6.98. The van der Waals surface area contributed by atoms with Crippen LogP contribution in [0.4, 0.5) is 4.79 Å². The average molecular weight is 486 g/mol. The lowest BCUT2D eigenvalue weighted by Gasteiger charge is -2.30. The van der Waals surface area contributed by atoms with Crippen LogP contribution in [0.2, 0.25) is 0 Å². The number of urea groups is 1. The number of nitrogens with one attached hydrogen (secondary N) is 1. The number of nitrogens with zero attached hydrogens (tertiary/aromatic N) is 2. The Morgan fingerprint density at radius 3 is 2.29 bits per heavy atom. The first kappa shape index (κ1) is 25.2. The van der Waals surface area contributed by atoms with Crippen molar-refractivity contribution in [3.8, 4) is 5.75 Å². The Morgan fingerprint density at radius 2 is 1.66 bits per heavy atom. The lowest BCUT2D eigenvalue weighted by molar-refractivity contribution is -0.143. The van der Waals surface area contributed by atoms with Crippen molar-refractivity contribution in [2.45, 2.75) is 63.6 Å². The molecule has 0 atom stereocenters. The van der Waals surface area contributed by atoms with Gasteiger partial charge in [-0.2, -0.15) is 0 Å². The maximum atomic E-state index is 12.4. The molecule has 0 radical (unpaired) electrons. The van der Waals surface area contributed by atoms with Gasteiger partial charge in [-0.1, -0.05) is 0 Å². The number of amides is 3. The van der Waals surface area contributed by atoms with E-state index in [4.69, 9.17) is 14.6 Å². The molecule has 0 aromatic heterocycles. The van der Waals surface area contributed by atoms with Crippen molar-refractivity contribution in [2.24, 2.45) is 16.8 Å². The molecule has 9 nitrogen and oxygen atoms in total. The van der Waals surface area contributed by atoms with Gasteiger partial charge in [0.05, 0.1) is 24.7 Å². The van der Waals surface area contributed by atoms with Gasteiger partial charge in [-0.15, -0.1) is 0 Å².